The van der Waals surface area contributed by atoms with Crippen LogP contribution in [0, 0.1) is 5.92 Å². The van der Waals surface area contributed by atoms with Gasteiger partial charge in [0, 0.05) is 19.1 Å². The SMILES string of the molecule is CCN(CC)C(=O)[C@]1(c2ccccc2)C[C@@H]1[C@H](C)N. The van der Waals surface area contributed by atoms with E-state index in [-0.39, 0.29) is 23.3 Å². The molecule has 0 bridgehead atoms. The third kappa shape index (κ3) is 2.27. The molecule has 104 valence electrons. The molecule has 0 radical (unpaired) electrons. The van der Waals surface area contributed by atoms with Crippen LogP contribution in [0.4, 0.5) is 0 Å². The zero-order valence-electron chi connectivity index (χ0n) is 12.1. The lowest BCUT2D eigenvalue weighted by atomic mass is 9.89. The molecule has 1 aliphatic carbocycles. The van der Waals surface area contributed by atoms with Crippen LogP contribution in [0.5, 0.6) is 0 Å². The summed E-state index contributed by atoms with van der Waals surface area (Å²) in [5.41, 5.74) is 6.81. The molecule has 3 heteroatoms. The number of nitrogens with zero attached hydrogens (tertiary/aromatic N) is 1. The van der Waals surface area contributed by atoms with E-state index in [4.69, 9.17) is 5.73 Å². The van der Waals surface area contributed by atoms with E-state index in [0.29, 0.717) is 0 Å². The molecule has 2 rings (SSSR count). The molecule has 0 saturated heterocycles. The van der Waals surface area contributed by atoms with Gasteiger partial charge in [0.1, 0.15) is 0 Å². The first kappa shape index (κ1) is 14.1. The first-order chi connectivity index (χ1) is 9.07. The summed E-state index contributed by atoms with van der Waals surface area (Å²) in [7, 11) is 0. The van der Waals surface area contributed by atoms with Crippen LogP contribution in [0.25, 0.3) is 0 Å². The Morgan fingerprint density at radius 2 is 1.95 bits per heavy atom. The summed E-state index contributed by atoms with van der Waals surface area (Å²) in [6, 6.07) is 10.2. The Kier molecular flexibility index (Phi) is 3.95. The van der Waals surface area contributed by atoms with Gasteiger partial charge in [-0.3, -0.25) is 4.79 Å². The highest BCUT2D eigenvalue weighted by Crippen LogP contribution is 2.56. The van der Waals surface area contributed by atoms with E-state index in [2.05, 4.69) is 12.1 Å². The van der Waals surface area contributed by atoms with Crippen LogP contribution in [0.15, 0.2) is 30.3 Å². The summed E-state index contributed by atoms with van der Waals surface area (Å²) in [4.78, 5) is 14.8. The van der Waals surface area contributed by atoms with Gasteiger partial charge in [-0.1, -0.05) is 30.3 Å². The van der Waals surface area contributed by atoms with Crippen molar-refractivity contribution in [2.24, 2.45) is 11.7 Å². The second-order valence-corrected chi connectivity index (χ2v) is 5.48. The van der Waals surface area contributed by atoms with E-state index < -0.39 is 0 Å². The van der Waals surface area contributed by atoms with Gasteiger partial charge < -0.3 is 10.6 Å². The highest BCUT2D eigenvalue weighted by molar-refractivity contribution is 5.92. The third-order valence-corrected chi connectivity index (χ3v) is 4.37. The molecular weight excluding hydrogens is 236 g/mol. The minimum Gasteiger partial charge on any atom is -0.342 e. The first-order valence-electron chi connectivity index (χ1n) is 7.18. The molecule has 0 spiro atoms. The lowest BCUT2D eigenvalue weighted by molar-refractivity contribution is -0.134. The minimum atomic E-state index is -0.374. The topological polar surface area (TPSA) is 46.3 Å². The summed E-state index contributed by atoms with van der Waals surface area (Å²) in [6.07, 6.45) is 0.879. The Morgan fingerprint density at radius 3 is 2.37 bits per heavy atom. The maximum Gasteiger partial charge on any atom is 0.233 e. The van der Waals surface area contributed by atoms with Crippen LogP contribution < -0.4 is 5.73 Å². The second-order valence-electron chi connectivity index (χ2n) is 5.48. The van der Waals surface area contributed by atoms with Crippen molar-refractivity contribution < 1.29 is 4.79 Å². The minimum absolute atomic E-state index is 0.0553. The number of rotatable bonds is 5. The average Bonchev–Trinajstić information content (AvgIpc) is 3.18. The molecule has 0 unspecified atom stereocenters. The van der Waals surface area contributed by atoms with Gasteiger partial charge in [-0.25, -0.2) is 0 Å². The second kappa shape index (κ2) is 5.33. The van der Waals surface area contributed by atoms with E-state index in [1.54, 1.807) is 0 Å². The Morgan fingerprint density at radius 1 is 1.37 bits per heavy atom. The van der Waals surface area contributed by atoms with Gasteiger partial charge in [-0.15, -0.1) is 0 Å². The Bertz CT molecular complexity index is 439. The van der Waals surface area contributed by atoms with Gasteiger partial charge in [0.15, 0.2) is 0 Å². The largest absolute Gasteiger partial charge is 0.342 e. The van der Waals surface area contributed by atoms with Crippen molar-refractivity contribution in [1.29, 1.82) is 0 Å². The van der Waals surface area contributed by atoms with Gasteiger partial charge in [-0.2, -0.15) is 0 Å². The van der Waals surface area contributed by atoms with Crippen LogP contribution >= 0.6 is 0 Å². The van der Waals surface area contributed by atoms with Crippen LogP contribution in [-0.2, 0) is 10.2 Å². The smallest absolute Gasteiger partial charge is 0.233 e. The summed E-state index contributed by atoms with van der Waals surface area (Å²) < 4.78 is 0. The Hall–Kier alpha value is -1.35. The van der Waals surface area contributed by atoms with E-state index >= 15 is 0 Å². The molecule has 1 aliphatic rings. The summed E-state index contributed by atoms with van der Waals surface area (Å²) in [5, 5.41) is 0. The van der Waals surface area contributed by atoms with Gasteiger partial charge in [0.2, 0.25) is 5.91 Å². The van der Waals surface area contributed by atoms with Crippen molar-refractivity contribution in [1.82, 2.24) is 4.90 Å². The molecule has 19 heavy (non-hydrogen) atoms. The summed E-state index contributed by atoms with van der Waals surface area (Å²) in [5.74, 6) is 0.508. The van der Waals surface area contributed by atoms with Crippen LogP contribution in [-0.4, -0.2) is 29.9 Å². The van der Waals surface area contributed by atoms with Gasteiger partial charge in [0.05, 0.1) is 5.41 Å². The summed E-state index contributed by atoms with van der Waals surface area (Å²) in [6.45, 7) is 7.59. The highest BCUT2D eigenvalue weighted by atomic mass is 16.2. The fourth-order valence-electron chi connectivity index (χ4n) is 3.15. The maximum absolute atomic E-state index is 12.9. The van der Waals surface area contributed by atoms with Crippen molar-refractivity contribution in [3.05, 3.63) is 35.9 Å². The normalized spacial score (nSPS) is 26.8. The highest BCUT2D eigenvalue weighted by Gasteiger charge is 2.62. The van der Waals surface area contributed by atoms with Crippen LogP contribution in [0.3, 0.4) is 0 Å². The van der Waals surface area contributed by atoms with E-state index in [1.807, 2.05) is 43.9 Å². The van der Waals surface area contributed by atoms with E-state index in [1.165, 1.54) is 0 Å². The molecule has 1 aromatic rings. The molecule has 1 saturated carbocycles. The molecular formula is C16H24N2O. The molecule has 0 aromatic heterocycles. The van der Waals surface area contributed by atoms with E-state index in [9.17, 15) is 4.79 Å². The zero-order valence-corrected chi connectivity index (χ0v) is 12.1. The van der Waals surface area contributed by atoms with Crippen LogP contribution in [0.2, 0.25) is 0 Å². The Labute approximate surface area is 115 Å². The Balaban J connectivity index is 2.36. The maximum atomic E-state index is 12.9. The van der Waals surface area contributed by atoms with Crippen molar-refractivity contribution >= 4 is 5.91 Å². The van der Waals surface area contributed by atoms with Crippen molar-refractivity contribution in [2.45, 2.75) is 38.6 Å². The predicted octanol–water partition coefficient (Wildman–Crippen LogP) is 2.16. The van der Waals surface area contributed by atoms with Crippen molar-refractivity contribution in [2.75, 3.05) is 13.1 Å². The van der Waals surface area contributed by atoms with Gasteiger partial charge >= 0.3 is 0 Å². The monoisotopic (exact) mass is 260 g/mol. The standard InChI is InChI=1S/C16H24N2O/c1-4-18(5-2)15(19)16(11-14(16)12(3)17)13-9-7-6-8-10-13/h6-10,12,14H,4-5,11,17H2,1-3H3/t12-,14+,16-/m0/s1. The average molecular weight is 260 g/mol. The number of carbonyl (C=O) groups is 1. The number of likely N-dealkylation sites (N-methyl/N-ethyl adjacent to an activating group) is 1. The molecule has 1 aromatic carbocycles. The molecule has 3 nitrogen and oxygen atoms in total. The van der Waals surface area contributed by atoms with E-state index in [0.717, 1.165) is 25.1 Å². The lowest BCUT2D eigenvalue weighted by Crippen LogP contribution is -2.42. The number of hydrogen-bond donors (Lipinski definition) is 1. The lowest BCUT2D eigenvalue weighted by Gasteiger charge is -2.27. The molecule has 0 aliphatic heterocycles. The molecule has 1 amide bonds. The number of benzene rings is 1. The van der Waals surface area contributed by atoms with Gasteiger partial charge in [0.25, 0.3) is 0 Å². The number of amides is 1. The quantitative estimate of drug-likeness (QED) is 0.882. The fraction of sp³-hybridized carbons (Fsp3) is 0.562. The number of carbonyl (C=O) groups excluding carboxylic acids is 1. The predicted molar refractivity (Wildman–Crippen MR) is 77.8 cm³/mol. The molecule has 1 fully saturated rings. The van der Waals surface area contributed by atoms with Crippen molar-refractivity contribution in [3.8, 4) is 0 Å². The zero-order chi connectivity index (χ0) is 14.0. The molecule has 3 atom stereocenters. The summed E-state index contributed by atoms with van der Waals surface area (Å²) >= 11 is 0. The van der Waals surface area contributed by atoms with Crippen molar-refractivity contribution in [3.63, 3.8) is 0 Å². The molecule has 2 N–H and O–H groups in total. The molecule has 0 heterocycles. The third-order valence-electron chi connectivity index (χ3n) is 4.37. The van der Waals surface area contributed by atoms with Gasteiger partial charge in [-0.05, 0) is 38.7 Å². The number of hydrogen-bond acceptors (Lipinski definition) is 2. The fourth-order valence-corrected chi connectivity index (χ4v) is 3.15. The number of nitrogens with two attached hydrogens (primary N) is 1. The first-order valence-corrected chi connectivity index (χ1v) is 7.18. The van der Waals surface area contributed by atoms with Crippen LogP contribution in [0.1, 0.15) is 32.8 Å².